The van der Waals surface area contributed by atoms with Crippen LogP contribution in [0.1, 0.15) is 18.9 Å². The largest absolute Gasteiger partial charge is 0.368 e. The third-order valence-electron chi connectivity index (χ3n) is 3.43. The van der Waals surface area contributed by atoms with E-state index in [1.807, 2.05) is 31.0 Å². The highest BCUT2D eigenvalue weighted by atomic mass is 32.2. The first-order valence-electron chi connectivity index (χ1n) is 5.95. The highest BCUT2D eigenvalue weighted by Crippen LogP contribution is 2.34. The van der Waals surface area contributed by atoms with E-state index in [1.54, 1.807) is 6.07 Å². The van der Waals surface area contributed by atoms with Gasteiger partial charge in [-0.1, -0.05) is 13.0 Å². The summed E-state index contributed by atoms with van der Waals surface area (Å²) in [5.74, 6) is 0.0250. The zero-order chi connectivity index (χ0) is 13.3. The zero-order valence-electron chi connectivity index (χ0n) is 10.5. The Bertz CT molecular complexity index is 602. The Morgan fingerprint density at radius 1 is 1.50 bits per heavy atom. The second kappa shape index (κ2) is 4.62. The fourth-order valence-electron chi connectivity index (χ4n) is 2.27. The van der Waals surface area contributed by atoms with Crippen molar-refractivity contribution < 1.29 is 8.42 Å². The normalized spacial score (nSPS) is 21.2. The Balaban J connectivity index is 2.55. The zero-order valence-corrected chi connectivity index (χ0v) is 11.4. The van der Waals surface area contributed by atoms with Crippen LogP contribution in [-0.4, -0.2) is 27.3 Å². The third-order valence-corrected chi connectivity index (χ3v) is 5.25. The molecule has 0 saturated carbocycles. The summed E-state index contributed by atoms with van der Waals surface area (Å²) in [6.07, 6.45) is 1.04. The highest BCUT2D eigenvalue weighted by Gasteiger charge is 2.33. The molecule has 4 nitrogen and oxygen atoms in total. The lowest BCUT2D eigenvalue weighted by molar-refractivity contribution is 0.573. The van der Waals surface area contributed by atoms with Crippen molar-refractivity contribution in [2.45, 2.75) is 30.7 Å². The Morgan fingerprint density at radius 2 is 2.22 bits per heavy atom. The summed E-state index contributed by atoms with van der Waals surface area (Å²) >= 11 is 0. The highest BCUT2D eigenvalue weighted by molar-refractivity contribution is 7.91. The van der Waals surface area contributed by atoms with Gasteiger partial charge >= 0.3 is 0 Å². The van der Waals surface area contributed by atoms with Crippen LogP contribution in [-0.2, 0) is 16.3 Å². The van der Waals surface area contributed by atoms with Gasteiger partial charge in [0, 0.05) is 7.05 Å². The molecule has 5 heteroatoms. The molecule has 1 aromatic carbocycles. The van der Waals surface area contributed by atoms with Crippen molar-refractivity contribution in [1.82, 2.24) is 0 Å². The second-order valence-electron chi connectivity index (χ2n) is 4.56. The molecule has 0 radical (unpaired) electrons. The molecule has 0 spiro atoms. The fourth-order valence-corrected chi connectivity index (χ4v) is 4.16. The van der Waals surface area contributed by atoms with Crippen LogP contribution in [0.4, 0.5) is 5.69 Å². The molecule has 0 aromatic heterocycles. The van der Waals surface area contributed by atoms with Crippen molar-refractivity contribution in [3.8, 4) is 6.07 Å². The Morgan fingerprint density at radius 3 is 2.83 bits per heavy atom. The van der Waals surface area contributed by atoms with Crippen LogP contribution in [0.25, 0.3) is 0 Å². The number of rotatable bonds is 2. The molecule has 0 saturated heterocycles. The van der Waals surface area contributed by atoms with E-state index < -0.39 is 9.84 Å². The molecule has 1 aliphatic heterocycles. The lowest BCUT2D eigenvalue weighted by Crippen LogP contribution is -2.42. The minimum atomic E-state index is -3.27. The van der Waals surface area contributed by atoms with Crippen LogP contribution in [0.15, 0.2) is 23.1 Å². The Kier molecular flexibility index (Phi) is 3.31. The average Bonchev–Trinajstić information content (AvgIpc) is 2.35. The lowest BCUT2D eigenvalue weighted by atomic mass is 10.1. The van der Waals surface area contributed by atoms with E-state index in [2.05, 4.69) is 6.07 Å². The van der Waals surface area contributed by atoms with Crippen LogP contribution in [0, 0.1) is 11.3 Å². The van der Waals surface area contributed by atoms with Gasteiger partial charge < -0.3 is 4.90 Å². The van der Waals surface area contributed by atoms with Crippen LogP contribution >= 0.6 is 0 Å². The number of benzene rings is 1. The van der Waals surface area contributed by atoms with Gasteiger partial charge in [-0.25, -0.2) is 8.42 Å². The number of nitriles is 1. The van der Waals surface area contributed by atoms with Crippen LogP contribution in [0.5, 0.6) is 0 Å². The summed E-state index contributed by atoms with van der Waals surface area (Å²) in [5.41, 5.74) is 1.73. The summed E-state index contributed by atoms with van der Waals surface area (Å²) in [5, 5.41) is 8.77. The number of hydrogen-bond donors (Lipinski definition) is 0. The van der Waals surface area contributed by atoms with E-state index in [1.165, 1.54) is 0 Å². The summed E-state index contributed by atoms with van der Waals surface area (Å²) in [6.45, 7) is 2.00. The molecular weight excluding hydrogens is 248 g/mol. The summed E-state index contributed by atoms with van der Waals surface area (Å²) in [4.78, 5) is 2.30. The Hall–Kier alpha value is -1.54. The maximum Gasteiger partial charge on any atom is 0.182 e. The van der Waals surface area contributed by atoms with Gasteiger partial charge in [-0.2, -0.15) is 5.26 Å². The first-order valence-corrected chi connectivity index (χ1v) is 7.60. The number of nitrogens with zero attached hydrogens (tertiary/aromatic N) is 2. The van der Waals surface area contributed by atoms with Crippen molar-refractivity contribution in [1.29, 1.82) is 5.26 Å². The Labute approximate surface area is 108 Å². The number of anilines is 1. The maximum atomic E-state index is 12.2. The summed E-state index contributed by atoms with van der Waals surface area (Å²) in [7, 11) is -1.42. The van der Waals surface area contributed by atoms with Gasteiger partial charge in [0.1, 0.15) is 0 Å². The standard InChI is InChI=1S/C13H16N2O2S/c1-3-10-4-5-12-13(8-10)18(16,17)9-11(6-7-14)15(12)2/h4-5,8,11H,3,6,9H2,1-2H3. The van der Waals surface area contributed by atoms with Gasteiger partial charge in [0.05, 0.1) is 34.9 Å². The molecule has 0 amide bonds. The van der Waals surface area contributed by atoms with Crippen LogP contribution < -0.4 is 4.90 Å². The van der Waals surface area contributed by atoms with Crippen LogP contribution in [0.3, 0.4) is 0 Å². The maximum absolute atomic E-state index is 12.2. The summed E-state index contributed by atoms with van der Waals surface area (Å²) in [6, 6.07) is 7.34. The van der Waals surface area contributed by atoms with Crippen LogP contribution in [0.2, 0.25) is 0 Å². The average molecular weight is 264 g/mol. The quantitative estimate of drug-likeness (QED) is 0.816. The van der Waals surface area contributed by atoms with E-state index in [9.17, 15) is 8.42 Å². The molecule has 0 fully saturated rings. The molecule has 1 aliphatic rings. The van der Waals surface area contributed by atoms with Crippen molar-refractivity contribution in [2.24, 2.45) is 0 Å². The van der Waals surface area contributed by atoms with Crippen molar-refractivity contribution in [3.05, 3.63) is 23.8 Å². The predicted molar refractivity (Wildman–Crippen MR) is 70.3 cm³/mol. The molecule has 0 bridgehead atoms. The van der Waals surface area contributed by atoms with Crippen molar-refractivity contribution >= 4 is 15.5 Å². The number of hydrogen-bond acceptors (Lipinski definition) is 4. The van der Waals surface area contributed by atoms with Crippen molar-refractivity contribution in [3.63, 3.8) is 0 Å². The lowest BCUT2D eigenvalue weighted by Gasteiger charge is -2.34. The van der Waals surface area contributed by atoms with E-state index in [0.29, 0.717) is 10.6 Å². The van der Waals surface area contributed by atoms with E-state index in [0.717, 1.165) is 12.0 Å². The minimum Gasteiger partial charge on any atom is -0.368 e. The molecule has 18 heavy (non-hydrogen) atoms. The molecule has 1 unspecified atom stereocenters. The van der Waals surface area contributed by atoms with Gasteiger partial charge in [-0.05, 0) is 24.1 Å². The molecule has 96 valence electrons. The number of fused-ring (bicyclic) bond motifs is 1. The van der Waals surface area contributed by atoms with Crippen molar-refractivity contribution in [2.75, 3.05) is 17.7 Å². The fraction of sp³-hybridized carbons (Fsp3) is 0.462. The summed E-state index contributed by atoms with van der Waals surface area (Å²) < 4.78 is 24.5. The van der Waals surface area contributed by atoms with Gasteiger partial charge in [0.2, 0.25) is 0 Å². The third kappa shape index (κ3) is 2.08. The molecule has 0 aliphatic carbocycles. The van der Waals surface area contributed by atoms with E-state index >= 15 is 0 Å². The van der Waals surface area contributed by atoms with E-state index in [4.69, 9.17) is 5.26 Å². The first kappa shape index (κ1) is 12.9. The molecule has 1 heterocycles. The molecular formula is C13H16N2O2S. The van der Waals surface area contributed by atoms with E-state index in [-0.39, 0.29) is 18.2 Å². The van der Waals surface area contributed by atoms with Gasteiger partial charge in [-0.3, -0.25) is 0 Å². The van der Waals surface area contributed by atoms with Gasteiger partial charge in [0.15, 0.2) is 9.84 Å². The van der Waals surface area contributed by atoms with Gasteiger partial charge in [0.25, 0.3) is 0 Å². The second-order valence-corrected chi connectivity index (χ2v) is 6.57. The number of aryl methyl sites for hydroxylation is 1. The molecule has 0 N–H and O–H groups in total. The first-order chi connectivity index (χ1) is 8.49. The number of sulfone groups is 1. The smallest absolute Gasteiger partial charge is 0.182 e. The monoisotopic (exact) mass is 264 g/mol. The molecule has 1 atom stereocenters. The molecule has 1 aromatic rings. The minimum absolute atomic E-state index is 0.0250. The molecule has 2 rings (SSSR count). The van der Waals surface area contributed by atoms with Gasteiger partial charge in [-0.15, -0.1) is 0 Å². The SMILES string of the molecule is CCc1ccc2c(c1)S(=O)(=O)CC(CC#N)N2C. The predicted octanol–water partition coefficient (Wildman–Crippen LogP) is 1.75. The topological polar surface area (TPSA) is 61.2 Å².